The van der Waals surface area contributed by atoms with Gasteiger partial charge in [-0.2, -0.15) is 0 Å². The number of para-hydroxylation sites is 1. The average molecular weight is 410 g/mol. The molecule has 1 aromatic heterocycles. The summed E-state index contributed by atoms with van der Waals surface area (Å²) in [5.41, 5.74) is 6.71. The van der Waals surface area contributed by atoms with Gasteiger partial charge in [-0.25, -0.2) is 9.37 Å². The van der Waals surface area contributed by atoms with Crippen LogP contribution in [-0.4, -0.2) is 30.4 Å². The van der Waals surface area contributed by atoms with Crippen LogP contribution in [0.2, 0.25) is 0 Å². The lowest BCUT2D eigenvalue weighted by Crippen LogP contribution is -2.32. The Morgan fingerprint density at radius 3 is 2.59 bits per heavy atom. The lowest BCUT2D eigenvalue weighted by atomic mass is 10.1. The molecule has 2 aliphatic rings. The quantitative estimate of drug-likeness (QED) is 0.788. The Hall–Kier alpha value is -2.83. The summed E-state index contributed by atoms with van der Waals surface area (Å²) in [6, 6.07) is 9.72. The van der Waals surface area contributed by atoms with E-state index in [0.29, 0.717) is 10.6 Å². The van der Waals surface area contributed by atoms with Crippen LogP contribution in [0.1, 0.15) is 19.4 Å². The highest BCUT2D eigenvalue weighted by molar-refractivity contribution is 8.03. The Bertz CT molecular complexity index is 1140. The van der Waals surface area contributed by atoms with Gasteiger partial charge in [-0.15, -0.1) is 0 Å². The molecule has 1 aromatic carbocycles. The van der Waals surface area contributed by atoms with Gasteiger partial charge in [-0.1, -0.05) is 12.1 Å². The zero-order valence-electron chi connectivity index (χ0n) is 16.8. The van der Waals surface area contributed by atoms with Gasteiger partial charge in [0.05, 0.1) is 16.2 Å². The fourth-order valence-corrected chi connectivity index (χ4v) is 3.94. The Kier molecular flexibility index (Phi) is 6.90. The molecule has 1 aliphatic carbocycles. The van der Waals surface area contributed by atoms with Gasteiger partial charge in [0.2, 0.25) is 5.71 Å². The van der Waals surface area contributed by atoms with Gasteiger partial charge in [0, 0.05) is 11.6 Å². The second-order valence-electron chi connectivity index (χ2n) is 6.19. The van der Waals surface area contributed by atoms with Crippen LogP contribution in [-0.2, 0) is 0 Å². The summed E-state index contributed by atoms with van der Waals surface area (Å²) < 4.78 is 13.6. The zero-order chi connectivity index (χ0) is 20.8. The van der Waals surface area contributed by atoms with E-state index in [2.05, 4.69) is 30.2 Å². The van der Waals surface area contributed by atoms with Crippen molar-refractivity contribution in [3.05, 3.63) is 74.2 Å². The molecule has 0 saturated carbocycles. The molecule has 2 aromatic rings. The number of ether oxygens (including phenoxy) is 1. The first-order valence-corrected chi connectivity index (χ1v) is 10.4. The SMILES string of the molecule is CC[N+](CC)=C1C=Cc2c/c(=C/C=C3/Oc4ccccc4S3)c(=O)oc2=C1.CN. The minimum atomic E-state index is -0.350. The van der Waals surface area contributed by atoms with E-state index >= 15 is 0 Å². The second kappa shape index (κ2) is 9.58. The minimum absolute atomic E-state index is 0.350. The van der Waals surface area contributed by atoms with Crippen LogP contribution in [0.5, 0.6) is 5.75 Å². The van der Waals surface area contributed by atoms with Crippen LogP contribution in [0.3, 0.4) is 0 Å². The van der Waals surface area contributed by atoms with Gasteiger partial charge in [-0.05, 0) is 69.1 Å². The Labute approximate surface area is 174 Å². The van der Waals surface area contributed by atoms with Gasteiger partial charge >= 0.3 is 5.63 Å². The lowest BCUT2D eigenvalue weighted by molar-refractivity contribution is -0.518. The third-order valence-electron chi connectivity index (χ3n) is 4.54. The number of hydrogen-bond acceptors (Lipinski definition) is 5. The molecule has 0 bridgehead atoms. The van der Waals surface area contributed by atoms with Crippen molar-refractivity contribution in [2.45, 2.75) is 18.7 Å². The summed E-state index contributed by atoms with van der Waals surface area (Å²) in [6.45, 7) is 6.03. The predicted molar refractivity (Wildman–Crippen MR) is 120 cm³/mol. The average Bonchev–Trinajstić information content (AvgIpc) is 3.17. The minimum Gasteiger partial charge on any atom is -0.449 e. The number of nitrogens with zero attached hydrogens (tertiary/aromatic N) is 1. The highest BCUT2D eigenvalue weighted by atomic mass is 32.2. The number of hydrogen-bond donors (Lipinski definition) is 1. The third kappa shape index (κ3) is 4.60. The number of rotatable bonds is 3. The van der Waals surface area contributed by atoms with Crippen molar-refractivity contribution in [3.8, 4) is 5.75 Å². The molecule has 0 fully saturated rings. The fraction of sp³-hybridized carbons (Fsp3) is 0.217. The molecule has 0 unspecified atom stereocenters. The standard InChI is InChI=1S/C22H20NO3S.CH5N/c1-3-23(4-2)17-11-9-15-13-16(22(24)26-19(15)14-17)10-12-21-25-18-7-5-6-8-20(18)27-21;1-2/h5-14H,3-4H2,1-2H3;2H2,1H3/q+1;/b16-10-,21-12-;. The van der Waals surface area contributed by atoms with Crippen molar-refractivity contribution in [1.29, 1.82) is 0 Å². The Balaban J connectivity index is 0.00000117. The largest absolute Gasteiger partial charge is 0.449 e. The van der Waals surface area contributed by atoms with Gasteiger partial charge < -0.3 is 14.9 Å². The molecule has 0 atom stereocenters. The van der Waals surface area contributed by atoms with Gasteiger partial charge in [0.15, 0.2) is 5.09 Å². The Morgan fingerprint density at radius 1 is 1.10 bits per heavy atom. The van der Waals surface area contributed by atoms with Gasteiger partial charge in [0.1, 0.15) is 24.3 Å². The van der Waals surface area contributed by atoms with Crippen molar-refractivity contribution in [1.82, 2.24) is 0 Å². The van der Waals surface area contributed by atoms with Crippen LogP contribution in [0.4, 0.5) is 0 Å². The molecule has 150 valence electrons. The molecule has 1 aliphatic heterocycles. The lowest BCUT2D eigenvalue weighted by Gasteiger charge is -2.04. The van der Waals surface area contributed by atoms with Crippen molar-refractivity contribution in [3.63, 3.8) is 0 Å². The van der Waals surface area contributed by atoms with Crippen LogP contribution in [0, 0.1) is 0 Å². The molecule has 0 spiro atoms. The molecule has 5 nitrogen and oxygen atoms in total. The van der Waals surface area contributed by atoms with Crippen LogP contribution >= 0.6 is 11.8 Å². The smallest absolute Gasteiger partial charge is 0.343 e. The molecule has 0 radical (unpaired) electrons. The normalized spacial score (nSPS) is 15.8. The van der Waals surface area contributed by atoms with Crippen molar-refractivity contribution < 1.29 is 13.7 Å². The number of nitrogens with two attached hydrogens (primary N) is 1. The summed E-state index contributed by atoms with van der Waals surface area (Å²) in [5.74, 6) is 0.844. The van der Waals surface area contributed by atoms with Crippen molar-refractivity contribution in [2.24, 2.45) is 5.73 Å². The fourth-order valence-electron chi connectivity index (χ4n) is 3.10. The number of thioether (sulfide) groups is 1. The molecular weight excluding hydrogens is 384 g/mol. The first kappa shape index (κ1) is 20.9. The van der Waals surface area contributed by atoms with Crippen molar-refractivity contribution >= 4 is 35.7 Å². The second-order valence-corrected chi connectivity index (χ2v) is 7.23. The molecular formula is C23H25N2O3S+. The highest BCUT2D eigenvalue weighted by Crippen LogP contribution is 2.42. The van der Waals surface area contributed by atoms with E-state index in [1.54, 1.807) is 17.8 Å². The van der Waals surface area contributed by atoms with E-state index < -0.39 is 0 Å². The van der Waals surface area contributed by atoms with Gasteiger partial charge in [-0.3, -0.25) is 0 Å². The highest BCUT2D eigenvalue weighted by Gasteiger charge is 2.16. The summed E-state index contributed by atoms with van der Waals surface area (Å²) in [4.78, 5) is 13.5. The molecule has 2 N–H and O–H groups in total. The molecule has 2 heterocycles. The summed E-state index contributed by atoms with van der Waals surface area (Å²) >= 11 is 1.54. The monoisotopic (exact) mass is 409 g/mol. The van der Waals surface area contributed by atoms with Crippen molar-refractivity contribution in [2.75, 3.05) is 20.1 Å². The maximum atomic E-state index is 12.4. The third-order valence-corrected chi connectivity index (χ3v) is 5.52. The molecule has 6 heteroatoms. The van der Waals surface area contributed by atoms with E-state index in [1.165, 1.54) is 7.05 Å². The summed E-state index contributed by atoms with van der Waals surface area (Å²) in [5, 5.41) is 1.25. The van der Waals surface area contributed by atoms with E-state index in [1.807, 2.05) is 48.6 Å². The van der Waals surface area contributed by atoms with E-state index in [9.17, 15) is 4.79 Å². The Morgan fingerprint density at radius 2 is 1.86 bits per heavy atom. The molecule has 0 saturated heterocycles. The number of allylic oxidation sites excluding steroid dienone is 2. The first-order chi connectivity index (χ1) is 14.2. The van der Waals surface area contributed by atoms with Crippen LogP contribution in [0.25, 0.3) is 18.2 Å². The number of benzene rings is 1. The van der Waals surface area contributed by atoms with E-state index in [0.717, 1.165) is 40.1 Å². The summed E-state index contributed by atoms with van der Waals surface area (Å²) in [6.07, 6.45) is 9.54. The zero-order valence-corrected chi connectivity index (χ0v) is 17.7. The number of fused-ring (bicyclic) bond motifs is 2. The molecule has 4 rings (SSSR count). The summed E-state index contributed by atoms with van der Waals surface area (Å²) in [7, 11) is 1.50. The predicted octanol–water partition coefficient (Wildman–Crippen LogP) is 2.32. The van der Waals surface area contributed by atoms with Crippen LogP contribution < -0.4 is 26.7 Å². The maximum absolute atomic E-state index is 12.4. The molecule has 0 amide bonds. The first-order valence-electron chi connectivity index (χ1n) is 9.58. The maximum Gasteiger partial charge on any atom is 0.343 e. The van der Waals surface area contributed by atoms with Gasteiger partial charge in [0.25, 0.3) is 0 Å². The topological polar surface area (TPSA) is 68.5 Å². The van der Waals surface area contributed by atoms with E-state index in [-0.39, 0.29) is 5.63 Å². The van der Waals surface area contributed by atoms with E-state index in [4.69, 9.17) is 9.15 Å². The van der Waals surface area contributed by atoms with Crippen LogP contribution in [0.15, 0.2) is 61.7 Å². The molecule has 29 heavy (non-hydrogen) atoms.